The number of hydrogen-bond acceptors (Lipinski definition) is 3. The molecule has 0 spiro atoms. The van der Waals surface area contributed by atoms with Gasteiger partial charge in [0.2, 0.25) is 0 Å². The van der Waals surface area contributed by atoms with Crippen molar-refractivity contribution in [3.63, 3.8) is 0 Å². The monoisotopic (exact) mass is 328 g/mol. The summed E-state index contributed by atoms with van der Waals surface area (Å²) in [6, 6.07) is 11.3. The molecule has 6 heteroatoms. The van der Waals surface area contributed by atoms with Crippen molar-refractivity contribution in [3.8, 4) is 0 Å². The first-order valence-electron chi connectivity index (χ1n) is 7.47. The van der Waals surface area contributed by atoms with E-state index in [-0.39, 0.29) is 5.91 Å². The molecule has 1 aromatic carbocycles. The van der Waals surface area contributed by atoms with Gasteiger partial charge in [0.1, 0.15) is 11.5 Å². The highest BCUT2D eigenvalue weighted by molar-refractivity contribution is 6.30. The Labute approximate surface area is 139 Å². The number of halogens is 1. The maximum atomic E-state index is 12.0. The lowest BCUT2D eigenvalue weighted by molar-refractivity contribution is 0.0948. The summed E-state index contributed by atoms with van der Waals surface area (Å²) in [5.41, 5.74) is 2.45. The lowest BCUT2D eigenvalue weighted by Gasteiger charge is -2.08. The summed E-state index contributed by atoms with van der Waals surface area (Å²) in [6.45, 7) is 3.36. The molecule has 2 aromatic heterocycles. The van der Waals surface area contributed by atoms with E-state index >= 15 is 0 Å². The fourth-order valence-electron chi connectivity index (χ4n) is 2.54. The zero-order valence-electron chi connectivity index (χ0n) is 12.8. The van der Waals surface area contributed by atoms with E-state index in [1.165, 1.54) is 6.20 Å². The van der Waals surface area contributed by atoms with E-state index in [1.54, 1.807) is 12.1 Å². The minimum atomic E-state index is -0.209. The first-order valence-corrected chi connectivity index (χ1v) is 7.84. The number of benzene rings is 1. The van der Waals surface area contributed by atoms with Crippen LogP contribution >= 0.6 is 11.6 Å². The molecule has 5 nitrogen and oxygen atoms in total. The van der Waals surface area contributed by atoms with Crippen LogP contribution in [-0.2, 0) is 6.54 Å². The van der Waals surface area contributed by atoms with Gasteiger partial charge in [-0.15, -0.1) is 0 Å². The predicted molar refractivity (Wildman–Crippen MR) is 90.7 cm³/mol. The summed E-state index contributed by atoms with van der Waals surface area (Å²) in [4.78, 5) is 20.5. The third-order valence-electron chi connectivity index (χ3n) is 3.64. The van der Waals surface area contributed by atoms with Gasteiger partial charge in [0.25, 0.3) is 5.91 Å². The maximum absolute atomic E-state index is 12.0. The number of fused-ring (bicyclic) bond motifs is 1. The van der Waals surface area contributed by atoms with Gasteiger partial charge in [-0.25, -0.2) is 4.98 Å². The number of nitrogens with zero attached hydrogens (tertiary/aromatic N) is 3. The van der Waals surface area contributed by atoms with Crippen molar-refractivity contribution < 1.29 is 4.79 Å². The Hall–Kier alpha value is -2.40. The molecule has 0 saturated heterocycles. The molecule has 0 fully saturated rings. The predicted octanol–water partition coefficient (Wildman–Crippen LogP) is 3.21. The average molecular weight is 329 g/mol. The molecule has 0 saturated carbocycles. The van der Waals surface area contributed by atoms with Gasteiger partial charge < -0.3 is 9.88 Å². The number of rotatable bonds is 5. The zero-order chi connectivity index (χ0) is 16.2. The smallest absolute Gasteiger partial charge is 0.269 e. The first-order chi connectivity index (χ1) is 11.1. The van der Waals surface area contributed by atoms with Crippen molar-refractivity contribution in [2.45, 2.75) is 19.9 Å². The van der Waals surface area contributed by atoms with Crippen LogP contribution in [0.5, 0.6) is 0 Å². The number of hydrogen-bond donors (Lipinski definition) is 1. The Balaban J connectivity index is 1.57. The van der Waals surface area contributed by atoms with Crippen LogP contribution in [0.15, 0.2) is 42.6 Å². The second-order valence-corrected chi connectivity index (χ2v) is 5.70. The highest BCUT2D eigenvalue weighted by atomic mass is 35.5. The van der Waals surface area contributed by atoms with Crippen molar-refractivity contribution in [2.24, 2.45) is 0 Å². The molecule has 0 bridgehead atoms. The van der Waals surface area contributed by atoms with Gasteiger partial charge in [-0.05, 0) is 37.6 Å². The molecular formula is C17H17ClN4O. The van der Waals surface area contributed by atoms with Crippen molar-refractivity contribution >= 4 is 28.5 Å². The molecule has 0 aliphatic rings. The van der Waals surface area contributed by atoms with E-state index in [4.69, 9.17) is 11.6 Å². The number of para-hydroxylation sites is 2. The molecule has 118 valence electrons. The summed E-state index contributed by atoms with van der Waals surface area (Å²) in [5, 5.41) is 3.37. The lowest BCUT2D eigenvalue weighted by atomic mass is 10.3. The van der Waals surface area contributed by atoms with Gasteiger partial charge in [0, 0.05) is 24.3 Å². The quantitative estimate of drug-likeness (QED) is 0.732. The van der Waals surface area contributed by atoms with E-state index in [9.17, 15) is 4.79 Å². The topological polar surface area (TPSA) is 59.8 Å². The Bertz CT molecular complexity index is 843. The molecule has 23 heavy (non-hydrogen) atoms. The number of aryl methyl sites for hydroxylation is 2. The third kappa shape index (κ3) is 3.51. The van der Waals surface area contributed by atoms with Crippen molar-refractivity contribution in [2.75, 3.05) is 6.54 Å². The van der Waals surface area contributed by atoms with Crippen LogP contribution in [0.2, 0.25) is 5.02 Å². The first kappa shape index (κ1) is 15.5. The molecule has 2 heterocycles. The van der Waals surface area contributed by atoms with Gasteiger partial charge in [-0.1, -0.05) is 23.7 Å². The van der Waals surface area contributed by atoms with Gasteiger partial charge in [0.05, 0.1) is 11.0 Å². The summed E-state index contributed by atoms with van der Waals surface area (Å²) in [7, 11) is 0. The molecule has 0 aliphatic carbocycles. The Morgan fingerprint density at radius 3 is 2.96 bits per heavy atom. The minimum Gasteiger partial charge on any atom is -0.351 e. The summed E-state index contributed by atoms with van der Waals surface area (Å²) < 4.78 is 2.17. The largest absolute Gasteiger partial charge is 0.351 e. The number of carbonyl (C=O) groups excluding carboxylic acids is 1. The molecular weight excluding hydrogens is 312 g/mol. The summed E-state index contributed by atoms with van der Waals surface area (Å²) in [6.07, 6.45) is 2.34. The van der Waals surface area contributed by atoms with Gasteiger partial charge in [-0.3, -0.25) is 9.78 Å². The standard InChI is InChI=1S/C17H17ClN4O/c1-12-21-14-5-2-3-6-16(14)22(12)10-4-8-20-17(23)15-11-13(18)7-9-19-15/h2-3,5-7,9,11H,4,8,10H2,1H3,(H,20,23). The Kier molecular flexibility index (Phi) is 4.57. The molecule has 0 unspecified atom stereocenters. The number of imidazole rings is 1. The number of amides is 1. The number of carbonyl (C=O) groups is 1. The SMILES string of the molecule is Cc1nc2ccccc2n1CCCNC(=O)c1cc(Cl)ccn1. The number of aromatic nitrogens is 3. The second kappa shape index (κ2) is 6.79. The van der Waals surface area contributed by atoms with E-state index in [2.05, 4.69) is 25.9 Å². The molecule has 0 aliphatic heterocycles. The van der Waals surface area contributed by atoms with E-state index in [0.717, 1.165) is 29.8 Å². The lowest BCUT2D eigenvalue weighted by Crippen LogP contribution is -2.26. The van der Waals surface area contributed by atoms with Crippen LogP contribution in [0.25, 0.3) is 11.0 Å². The van der Waals surface area contributed by atoms with Crippen molar-refractivity contribution in [1.29, 1.82) is 0 Å². The van der Waals surface area contributed by atoms with Crippen LogP contribution in [0.3, 0.4) is 0 Å². The van der Waals surface area contributed by atoms with Crippen LogP contribution in [0.4, 0.5) is 0 Å². The third-order valence-corrected chi connectivity index (χ3v) is 3.88. The number of pyridine rings is 1. The Morgan fingerprint density at radius 2 is 2.13 bits per heavy atom. The second-order valence-electron chi connectivity index (χ2n) is 5.27. The molecule has 0 radical (unpaired) electrons. The molecule has 3 rings (SSSR count). The van der Waals surface area contributed by atoms with Crippen LogP contribution in [-0.4, -0.2) is 27.0 Å². The fraction of sp³-hybridized carbons (Fsp3) is 0.235. The highest BCUT2D eigenvalue weighted by Gasteiger charge is 2.08. The molecule has 1 amide bonds. The van der Waals surface area contributed by atoms with Crippen LogP contribution in [0, 0.1) is 6.92 Å². The average Bonchev–Trinajstić information content (AvgIpc) is 2.87. The Morgan fingerprint density at radius 1 is 1.30 bits per heavy atom. The van der Waals surface area contributed by atoms with Gasteiger partial charge >= 0.3 is 0 Å². The van der Waals surface area contributed by atoms with Crippen molar-refractivity contribution in [1.82, 2.24) is 19.9 Å². The summed E-state index contributed by atoms with van der Waals surface area (Å²) in [5.74, 6) is 0.772. The maximum Gasteiger partial charge on any atom is 0.269 e. The van der Waals surface area contributed by atoms with E-state index < -0.39 is 0 Å². The molecule has 1 N–H and O–H groups in total. The zero-order valence-corrected chi connectivity index (χ0v) is 13.5. The molecule has 3 aromatic rings. The molecule has 0 atom stereocenters. The highest BCUT2D eigenvalue weighted by Crippen LogP contribution is 2.15. The van der Waals surface area contributed by atoms with E-state index in [0.29, 0.717) is 17.3 Å². The van der Waals surface area contributed by atoms with Crippen LogP contribution < -0.4 is 5.32 Å². The number of nitrogens with one attached hydrogen (secondary N) is 1. The van der Waals surface area contributed by atoms with Crippen LogP contribution in [0.1, 0.15) is 22.7 Å². The van der Waals surface area contributed by atoms with E-state index in [1.807, 2.05) is 25.1 Å². The minimum absolute atomic E-state index is 0.209. The van der Waals surface area contributed by atoms with Gasteiger partial charge in [0.15, 0.2) is 0 Å². The fourth-order valence-corrected chi connectivity index (χ4v) is 2.70. The normalized spacial score (nSPS) is 10.9. The van der Waals surface area contributed by atoms with Crippen molar-refractivity contribution in [3.05, 3.63) is 59.1 Å². The summed E-state index contributed by atoms with van der Waals surface area (Å²) >= 11 is 5.86. The van der Waals surface area contributed by atoms with Gasteiger partial charge in [-0.2, -0.15) is 0 Å².